The summed E-state index contributed by atoms with van der Waals surface area (Å²) in [7, 11) is -3.46. The first kappa shape index (κ1) is 28.7. The fraction of sp³-hybridized carbons (Fsp3) is 0.471. The van der Waals surface area contributed by atoms with Crippen LogP contribution in [0.15, 0.2) is 10.5 Å². The SMILES string of the molecule is Cn1nnnc1CC(=S)OC[C@@H]1[C@H](NC(=O)C(=NOC(C)(C)C(=O)O)c2csc(N)n2)C(=O)N1S(=O)(=O)O. The fourth-order valence-electron chi connectivity index (χ4n) is 2.89. The molecular formula is C17H21N9O9S3. The minimum Gasteiger partial charge on any atom is -0.484 e. The Morgan fingerprint density at radius 1 is 1.39 bits per heavy atom. The van der Waals surface area contributed by atoms with Gasteiger partial charge in [-0.15, -0.1) is 16.4 Å². The number of tetrazole rings is 1. The lowest BCUT2D eigenvalue weighted by molar-refractivity contribution is -0.161. The number of aliphatic carboxylic acids is 1. The largest absolute Gasteiger partial charge is 0.484 e. The minimum atomic E-state index is -5.02. The van der Waals surface area contributed by atoms with Gasteiger partial charge in [-0.2, -0.15) is 8.42 Å². The van der Waals surface area contributed by atoms with Gasteiger partial charge in [0.2, 0.25) is 5.60 Å². The molecule has 2 amide bonds. The molecule has 1 aliphatic rings. The minimum absolute atomic E-state index is 0.0266. The molecule has 18 nitrogen and oxygen atoms in total. The molecule has 0 saturated carbocycles. The van der Waals surface area contributed by atoms with Crippen molar-refractivity contribution >= 4 is 67.5 Å². The number of nitrogens with zero attached hydrogens (tertiary/aromatic N) is 7. The van der Waals surface area contributed by atoms with E-state index in [1.165, 1.54) is 23.9 Å². The van der Waals surface area contributed by atoms with E-state index in [-0.39, 0.29) is 26.6 Å². The summed E-state index contributed by atoms with van der Waals surface area (Å²) < 4.78 is 39.8. The van der Waals surface area contributed by atoms with Crippen LogP contribution < -0.4 is 11.1 Å². The highest BCUT2D eigenvalue weighted by atomic mass is 32.2. The molecule has 2 aromatic heterocycles. The molecule has 38 heavy (non-hydrogen) atoms. The highest BCUT2D eigenvalue weighted by molar-refractivity contribution is 7.84. The van der Waals surface area contributed by atoms with Crippen LogP contribution in [0, 0.1) is 0 Å². The number of aromatic nitrogens is 5. The number of anilines is 1. The van der Waals surface area contributed by atoms with E-state index in [4.69, 9.17) is 27.5 Å². The van der Waals surface area contributed by atoms with Gasteiger partial charge in [-0.3, -0.25) is 14.1 Å². The first-order chi connectivity index (χ1) is 17.6. The van der Waals surface area contributed by atoms with E-state index in [1.54, 1.807) is 7.05 Å². The number of amides is 2. The molecule has 0 bridgehead atoms. The van der Waals surface area contributed by atoms with Crippen molar-refractivity contribution in [2.75, 3.05) is 12.3 Å². The van der Waals surface area contributed by atoms with E-state index >= 15 is 0 Å². The van der Waals surface area contributed by atoms with Crippen molar-refractivity contribution in [3.8, 4) is 0 Å². The molecule has 0 aliphatic carbocycles. The number of thiazole rings is 1. The fourth-order valence-corrected chi connectivity index (χ4v) is 4.50. The summed E-state index contributed by atoms with van der Waals surface area (Å²) in [5, 5.41) is 27.2. The van der Waals surface area contributed by atoms with Crippen LogP contribution in [0.1, 0.15) is 25.4 Å². The highest BCUT2D eigenvalue weighted by Gasteiger charge is 2.55. The van der Waals surface area contributed by atoms with Crippen LogP contribution in [-0.2, 0) is 47.7 Å². The van der Waals surface area contributed by atoms with E-state index < -0.39 is 58.1 Å². The molecule has 0 radical (unpaired) electrons. The normalized spacial score (nSPS) is 18.1. The summed E-state index contributed by atoms with van der Waals surface area (Å²) in [5.74, 6) is -3.31. The summed E-state index contributed by atoms with van der Waals surface area (Å²) in [4.78, 5) is 45.9. The Hall–Kier alpha value is -3.82. The van der Waals surface area contributed by atoms with Gasteiger partial charge >= 0.3 is 16.3 Å². The zero-order chi connectivity index (χ0) is 28.4. The molecule has 2 aromatic rings. The zero-order valence-corrected chi connectivity index (χ0v) is 22.3. The van der Waals surface area contributed by atoms with Gasteiger partial charge in [0.1, 0.15) is 24.4 Å². The van der Waals surface area contributed by atoms with Gasteiger partial charge in [0.15, 0.2) is 21.7 Å². The van der Waals surface area contributed by atoms with E-state index in [9.17, 15) is 32.5 Å². The smallest absolute Gasteiger partial charge is 0.362 e. The van der Waals surface area contributed by atoms with Crippen LogP contribution in [0.3, 0.4) is 0 Å². The van der Waals surface area contributed by atoms with E-state index in [0.717, 1.165) is 11.3 Å². The Morgan fingerprint density at radius 3 is 2.61 bits per heavy atom. The molecule has 0 unspecified atom stereocenters. The lowest BCUT2D eigenvalue weighted by atomic mass is 9.99. The maximum Gasteiger partial charge on any atom is 0.362 e. The molecular weight excluding hydrogens is 570 g/mol. The van der Waals surface area contributed by atoms with Crippen LogP contribution in [0.2, 0.25) is 0 Å². The number of carboxylic acids is 1. The summed E-state index contributed by atoms with van der Waals surface area (Å²) in [6.07, 6.45) is -0.0266. The van der Waals surface area contributed by atoms with Crippen molar-refractivity contribution in [1.29, 1.82) is 0 Å². The number of hydrogen-bond acceptors (Lipinski definition) is 15. The number of ether oxygens (including phenoxy) is 1. The molecule has 206 valence electrons. The van der Waals surface area contributed by atoms with Crippen molar-refractivity contribution in [3.05, 3.63) is 16.9 Å². The summed E-state index contributed by atoms with van der Waals surface area (Å²) in [6, 6.07) is -2.92. The third kappa shape index (κ3) is 6.35. The number of rotatable bonds is 11. The van der Waals surface area contributed by atoms with Crippen LogP contribution >= 0.6 is 23.6 Å². The summed E-state index contributed by atoms with van der Waals surface area (Å²) >= 11 is 6.04. The van der Waals surface area contributed by atoms with Crippen molar-refractivity contribution in [2.24, 2.45) is 12.2 Å². The Kier molecular flexibility index (Phi) is 8.24. The van der Waals surface area contributed by atoms with Crippen LogP contribution in [0.5, 0.6) is 0 Å². The van der Waals surface area contributed by atoms with E-state index in [1.807, 2.05) is 0 Å². The van der Waals surface area contributed by atoms with Crippen molar-refractivity contribution in [3.63, 3.8) is 0 Å². The number of oxime groups is 1. The molecule has 2 atom stereocenters. The molecule has 3 rings (SSSR count). The predicted octanol–water partition coefficient (Wildman–Crippen LogP) is -2.08. The monoisotopic (exact) mass is 591 g/mol. The first-order valence-electron chi connectivity index (χ1n) is 10.3. The standard InChI is InChI=1S/C17H21N9O9S3/c1-17(2,15(29)30)35-22-11(7-6-37-16(18)19-7)13(27)20-12-8(26(14(12)28)38(31,32)33)5-34-10(36)4-9-21-23-24-25(9)3/h6,8,12H,4-5H2,1-3H3,(H2,18,19)(H,20,27)(H,29,30)(H,31,32,33)/t8-,12+/m1/s1. The number of nitrogens with one attached hydrogen (secondary N) is 1. The second kappa shape index (κ2) is 10.9. The highest BCUT2D eigenvalue weighted by Crippen LogP contribution is 2.25. The molecule has 1 saturated heterocycles. The molecule has 21 heteroatoms. The van der Waals surface area contributed by atoms with Gasteiger partial charge < -0.3 is 25.7 Å². The number of nitrogen functional groups attached to an aromatic ring is 1. The molecule has 5 N–H and O–H groups in total. The van der Waals surface area contributed by atoms with E-state index in [2.05, 4.69) is 31.0 Å². The number of carbonyl (C=O) groups is 3. The molecule has 3 heterocycles. The maximum atomic E-state index is 13.1. The topological polar surface area (TPSA) is 254 Å². The number of β-lactam (4-membered cyclic amide) rings is 1. The van der Waals surface area contributed by atoms with Gasteiger partial charge in [0, 0.05) is 12.4 Å². The number of aryl methyl sites for hydroxylation is 1. The Labute approximate surface area is 223 Å². The van der Waals surface area contributed by atoms with Gasteiger partial charge in [0.25, 0.3) is 11.8 Å². The molecule has 1 aliphatic heterocycles. The quantitative estimate of drug-likeness (QED) is 0.0719. The van der Waals surface area contributed by atoms with Gasteiger partial charge in [-0.25, -0.2) is 18.8 Å². The van der Waals surface area contributed by atoms with Crippen LogP contribution in [0.4, 0.5) is 5.13 Å². The molecule has 1 fully saturated rings. The molecule has 0 spiro atoms. The number of nitrogens with two attached hydrogens (primary N) is 1. The second-order valence-electron chi connectivity index (χ2n) is 8.13. The first-order valence-corrected chi connectivity index (χ1v) is 13.0. The van der Waals surface area contributed by atoms with Gasteiger partial charge in [-0.05, 0) is 36.5 Å². The third-order valence-electron chi connectivity index (χ3n) is 4.99. The summed E-state index contributed by atoms with van der Waals surface area (Å²) in [6.45, 7) is 1.81. The number of thiocarbonyl (C=S) groups is 1. The Bertz CT molecular complexity index is 1400. The third-order valence-corrected chi connectivity index (χ3v) is 6.87. The number of hydrogen-bond donors (Lipinski definition) is 4. The number of carbonyl (C=O) groups excluding carboxylic acids is 2. The summed E-state index contributed by atoms with van der Waals surface area (Å²) in [5.41, 5.74) is 3.12. The number of carboxylic acid groups (broad SMARTS) is 1. The lowest BCUT2D eigenvalue weighted by Gasteiger charge is -2.43. The van der Waals surface area contributed by atoms with Crippen molar-refractivity contribution in [2.45, 2.75) is 38.0 Å². The molecule has 0 aromatic carbocycles. The lowest BCUT2D eigenvalue weighted by Crippen LogP contribution is -2.73. The second-order valence-corrected chi connectivity index (χ2v) is 10.8. The van der Waals surface area contributed by atoms with Crippen LogP contribution in [0.25, 0.3) is 0 Å². The van der Waals surface area contributed by atoms with Crippen LogP contribution in [-0.4, -0.2) is 100 Å². The predicted molar refractivity (Wildman–Crippen MR) is 131 cm³/mol. The van der Waals surface area contributed by atoms with Gasteiger partial charge in [0.05, 0.1) is 6.42 Å². The average Bonchev–Trinajstić information content (AvgIpc) is 3.41. The van der Waals surface area contributed by atoms with Crippen molar-refractivity contribution < 1.29 is 42.0 Å². The zero-order valence-electron chi connectivity index (χ0n) is 19.8. The van der Waals surface area contributed by atoms with Crippen molar-refractivity contribution in [1.82, 2.24) is 34.8 Å². The average molecular weight is 592 g/mol. The Morgan fingerprint density at radius 2 is 2.08 bits per heavy atom. The Balaban J connectivity index is 1.80. The van der Waals surface area contributed by atoms with Gasteiger partial charge in [-0.1, -0.05) is 5.16 Å². The van der Waals surface area contributed by atoms with E-state index in [0.29, 0.717) is 5.82 Å². The maximum absolute atomic E-state index is 13.1.